The van der Waals surface area contributed by atoms with Crippen LogP contribution >= 0.6 is 0 Å². The van der Waals surface area contributed by atoms with Crippen molar-refractivity contribution in [1.29, 1.82) is 0 Å². The second kappa shape index (κ2) is 7.85. The van der Waals surface area contributed by atoms with E-state index in [0.717, 1.165) is 41.4 Å². The van der Waals surface area contributed by atoms with Crippen LogP contribution in [0.1, 0.15) is 36.8 Å². The van der Waals surface area contributed by atoms with Gasteiger partial charge in [0.15, 0.2) is 0 Å². The zero-order valence-corrected chi connectivity index (χ0v) is 17.4. The molecule has 1 aliphatic carbocycles. The molecule has 0 radical (unpaired) electrons. The predicted molar refractivity (Wildman–Crippen MR) is 114 cm³/mol. The first-order valence-electron chi connectivity index (χ1n) is 10.7. The van der Waals surface area contributed by atoms with Gasteiger partial charge in [-0.05, 0) is 61.6 Å². The van der Waals surface area contributed by atoms with Crippen molar-refractivity contribution in [3.8, 4) is 5.75 Å². The number of rotatable bonds is 5. The lowest BCUT2D eigenvalue weighted by molar-refractivity contribution is -0.147. The van der Waals surface area contributed by atoms with Gasteiger partial charge in [0.1, 0.15) is 5.75 Å². The number of fused-ring (bicyclic) bond motifs is 1. The second-order valence-electron chi connectivity index (χ2n) is 8.57. The minimum absolute atomic E-state index is 0.00435. The van der Waals surface area contributed by atoms with Crippen LogP contribution in [0.15, 0.2) is 48.7 Å². The fourth-order valence-corrected chi connectivity index (χ4v) is 4.25. The Morgan fingerprint density at radius 1 is 1.16 bits per heavy atom. The molecule has 8 heteroatoms. The fourth-order valence-electron chi connectivity index (χ4n) is 4.25. The molecule has 1 aliphatic heterocycles. The van der Waals surface area contributed by atoms with Gasteiger partial charge >= 0.3 is 6.18 Å². The van der Waals surface area contributed by atoms with Gasteiger partial charge in [0, 0.05) is 17.1 Å². The van der Waals surface area contributed by atoms with Gasteiger partial charge in [-0.25, -0.2) is 0 Å². The third-order valence-electron chi connectivity index (χ3n) is 6.46. The largest absolute Gasteiger partial charge is 0.490 e. The predicted octanol–water partition coefficient (Wildman–Crippen LogP) is 5.49. The Balaban J connectivity index is 1.21. The molecule has 5 nitrogen and oxygen atoms in total. The summed E-state index contributed by atoms with van der Waals surface area (Å²) in [6.45, 7) is 2.32. The van der Waals surface area contributed by atoms with E-state index < -0.39 is 11.7 Å². The molecule has 0 unspecified atom stereocenters. The molecule has 32 heavy (non-hydrogen) atoms. The number of carbonyl (C=O) groups excluding carboxylic acids is 1. The molecule has 1 amide bonds. The fraction of sp³-hybridized carbons (Fsp3) is 0.375. The lowest BCUT2D eigenvalue weighted by atomic mass is 9.77. The van der Waals surface area contributed by atoms with Crippen molar-refractivity contribution < 1.29 is 27.4 Å². The van der Waals surface area contributed by atoms with E-state index in [1.54, 1.807) is 18.3 Å². The molecular weight excluding hydrogens is 421 g/mol. The maximum atomic E-state index is 12.7. The van der Waals surface area contributed by atoms with Gasteiger partial charge in [-0.15, -0.1) is 0 Å². The van der Waals surface area contributed by atoms with Crippen LogP contribution in [-0.4, -0.2) is 29.7 Å². The summed E-state index contributed by atoms with van der Waals surface area (Å²) in [5, 5.41) is 3.83. The molecule has 2 N–H and O–H groups in total. The first-order valence-corrected chi connectivity index (χ1v) is 10.7. The first-order chi connectivity index (χ1) is 15.3. The van der Waals surface area contributed by atoms with E-state index in [0.29, 0.717) is 18.0 Å². The number of ether oxygens (including phenoxy) is 2. The number of anilines is 1. The normalized spacial score (nSPS) is 25.1. The monoisotopic (exact) mass is 444 g/mol. The highest BCUT2D eigenvalue weighted by molar-refractivity contribution is 6.03. The molecule has 2 atom stereocenters. The molecule has 1 saturated heterocycles. The maximum Gasteiger partial charge on any atom is 0.416 e. The summed E-state index contributed by atoms with van der Waals surface area (Å²) < 4.78 is 49.6. The highest BCUT2D eigenvalue weighted by atomic mass is 19.4. The van der Waals surface area contributed by atoms with Gasteiger partial charge < -0.3 is 19.8 Å². The highest BCUT2D eigenvalue weighted by Gasteiger charge is 2.35. The minimum atomic E-state index is -4.32. The molecule has 1 aromatic heterocycles. The van der Waals surface area contributed by atoms with Gasteiger partial charge in [-0.2, -0.15) is 13.2 Å². The van der Waals surface area contributed by atoms with Crippen molar-refractivity contribution in [2.45, 2.75) is 44.1 Å². The number of nitrogens with one attached hydrogen (secondary N) is 2. The van der Waals surface area contributed by atoms with Crippen LogP contribution in [0, 0.1) is 5.92 Å². The van der Waals surface area contributed by atoms with Crippen LogP contribution in [0.3, 0.4) is 0 Å². The van der Waals surface area contributed by atoms with Crippen LogP contribution in [0.4, 0.5) is 18.9 Å². The molecular formula is C24H23F3N2O3. The SMILES string of the molecule is C[C@@H]1OC[C@H]1C(=O)Nc1c[nH]c2ccc(O[C@H]3C[C@H](c4ccc(C(F)(F)F)cc4)C3)cc12. The maximum absolute atomic E-state index is 12.7. The van der Waals surface area contributed by atoms with Gasteiger partial charge in [-0.3, -0.25) is 4.79 Å². The molecule has 1 saturated carbocycles. The summed E-state index contributed by atoms with van der Waals surface area (Å²) in [6, 6.07) is 11.1. The van der Waals surface area contributed by atoms with E-state index in [1.165, 1.54) is 0 Å². The molecule has 168 valence electrons. The lowest BCUT2D eigenvalue weighted by Gasteiger charge is -2.36. The van der Waals surface area contributed by atoms with Gasteiger partial charge in [0.25, 0.3) is 0 Å². The van der Waals surface area contributed by atoms with E-state index in [1.807, 2.05) is 25.1 Å². The molecule has 0 bridgehead atoms. The van der Waals surface area contributed by atoms with Crippen molar-refractivity contribution in [3.63, 3.8) is 0 Å². The van der Waals surface area contributed by atoms with Crippen molar-refractivity contribution >= 4 is 22.5 Å². The molecule has 2 heterocycles. The number of halogens is 3. The molecule has 3 aromatic rings. The van der Waals surface area contributed by atoms with E-state index in [2.05, 4.69) is 10.3 Å². The van der Waals surface area contributed by atoms with E-state index in [4.69, 9.17) is 9.47 Å². The Morgan fingerprint density at radius 2 is 1.91 bits per heavy atom. The third-order valence-corrected chi connectivity index (χ3v) is 6.46. The number of amides is 1. The Kier molecular flexibility index (Phi) is 5.12. The van der Waals surface area contributed by atoms with Crippen LogP contribution in [-0.2, 0) is 15.7 Å². The smallest absolute Gasteiger partial charge is 0.416 e. The van der Waals surface area contributed by atoms with E-state index in [9.17, 15) is 18.0 Å². The minimum Gasteiger partial charge on any atom is -0.490 e. The number of aromatic amines is 1. The van der Waals surface area contributed by atoms with Gasteiger partial charge in [0.2, 0.25) is 5.91 Å². The Morgan fingerprint density at radius 3 is 2.53 bits per heavy atom. The standard InChI is InChI=1S/C24H23F3N2O3/c1-13-20(12-31-13)23(30)29-22-11-28-21-7-6-17(10-19(21)22)32-18-8-15(9-18)14-2-4-16(5-3-14)24(25,26)27/h2-7,10-11,13,15,18,20,28H,8-9,12H2,1H3,(H,29,30)/t13-,15-,18-,20+/m0/s1. The summed E-state index contributed by atoms with van der Waals surface area (Å²) in [4.78, 5) is 15.6. The average molecular weight is 444 g/mol. The zero-order valence-electron chi connectivity index (χ0n) is 17.4. The van der Waals surface area contributed by atoms with Gasteiger partial charge in [0.05, 0.1) is 36.0 Å². The Hall–Kier alpha value is -3.00. The topological polar surface area (TPSA) is 63.3 Å². The van der Waals surface area contributed by atoms with Crippen LogP contribution in [0.25, 0.3) is 10.9 Å². The van der Waals surface area contributed by atoms with Crippen molar-refractivity contribution in [1.82, 2.24) is 4.98 Å². The highest BCUT2D eigenvalue weighted by Crippen LogP contribution is 2.41. The Bertz CT molecular complexity index is 1130. The van der Waals surface area contributed by atoms with Gasteiger partial charge in [-0.1, -0.05) is 12.1 Å². The van der Waals surface area contributed by atoms with Crippen LogP contribution in [0.2, 0.25) is 0 Å². The van der Waals surface area contributed by atoms with Crippen LogP contribution in [0.5, 0.6) is 5.75 Å². The van der Waals surface area contributed by atoms with E-state index in [-0.39, 0.29) is 30.0 Å². The number of H-pyrrole nitrogens is 1. The van der Waals surface area contributed by atoms with Crippen molar-refractivity contribution in [2.75, 3.05) is 11.9 Å². The summed E-state index contributed by atoms with van der Waals surface area (Å²) in [5.74, 6) is 0.689. The summed E-state index contributed by atoms with van der Waals surface area (Å²) >= 11 is 0. The number of alkyl halides is 3. The summed E-state index contributed by atoms with van der Waals surface area (Å²) in [7, 11) is 0. The quantitative estimate of drug-likeness (QED) is 0.547. The Labute approximate surface area is 182 Å². The first kappa shape index (κ1) is 20.9. The molecule has 0 spiro atoms. The van der Waals surface area contributed by atoms with Crippen molar-refractivity contribution in [3.05, 3.63) is 59.8 Å². The number of aromatic nitrogens is 1. The molecule has 2 fully saturated rings. The third kappa shape index (κ3) is 3.95. The summed E-state index contributed by atoms with van der Waals surface area (Å²) in [5.41, 5.74) is 1.86. The molecule has 2 aromatic carbocycles. The lowest BCUT2D eigenvalue weighted by Crippen LogP contribution is -2.45. The second-order valence-corrected chi connectivity index (χ2v) is 8.57. The van der Waals surface area contributed by atoms with Crippen molar-refractivity contribution in [2.24, 2.45) is 5.92 Å². The number of hydrogen-bond donors (Lipinski definition) is 2. The number of benzene rings is 2. The molecule has 2 aliphatic rings. The van der Waals surface area contributed by atoms with E-state index >= 15 is 0 Å². The number of carbonyl (C=O) groups is 1. The molecule has 5 rings (SSSR count). The summed E-state index contributed by atoms with van der Waals surface area (Å²) in [6.07, 6.45) is -1.12. The average Bonchev–Trinajstić information content (AvgIpc) is 3.10. The van der Waals surface area contributed by atoms with Crippen LogP contribution < -0.4 is 10.1 Å². The zero-order chi connectivity index (χ0) is 22.5. The number of hydrogen-bond acceptors (Lipinski definition) is 3.